The molecular formula is C13H22F4O2S. The van der Waals surface area contributed by atoms with Crippen LogP contribution in [0.2, 0.25) is 0 Å². The van der Waals surface area contributed by atoms with Gasteiger partial charge >= 0.3 is 18.3 Å². The van der Waals surface area contributed by atoms with Crippen molar-refractivity contribution in [3.05, 3.63) is 0 Å². The predicted octanol–water partition coefficient (Wildman–Crippen LogP) is 4.38. The van der Waals surface area contributed by atoms with E-state index < -0.39 is 24.0 Å². The number of thioether (sulfide) groups is 1. The molecule has 0 saturated heterocycles. The summed E-state index contributed by atoms with van der Waals surface area (Å²) in [5.74, 6) is -3.82. The average molecular weight is 318 g/mol. The van der Waals surface area contributed by atoms with Gasteiger partial charge in [0.05, 0.1) is 6.61 Å². The van der Waals surface area contributed by atoms with Gasteiger partial charge < -0.3 is 4.74 Å². The monoisotopic (exact) mass is 318 g/mol. The highest BCUT2D eigenvalue weighted by atomic mass is 32.2. The summed E-state index contributed by atoms with van der Waals surface area (Å²) in [5, 5.41) is -0.421. The van der Waals surface area contributed by atoms with E-state index in [0.717, 1.165) is 0 Å². The van der Waals surface area contributed by atoms with E-state index in [0.29, 0.717) is 6.42 Å². The zero-order valence-corrected chi connectivity index (χ0v) is 12.8. The number of halogens is 4. The van der Waals surface area contributed by atoms with Crippen LogP contribution in [0.25, 0.3) is 0 Å². The summed E-state index contributed by atoms with van der Waals surface area (Å²) in [4.78, 5) is 11.7. The minimum atomic E-state index is -3.95. The second-order valence-electron chi connectivity index (χ2n) is 4.91. The lowest BCUT2D eigenvalue weighted by Gasteiger charge is -2.18. The van der Waals surface area contributed by atoms with Crippen LogP contribution < -0.4 is 0 Å². The maximum atomic E-state index is 12.7. The molecule has 0 N–H and O–H groups in total. The molecule has 0 aliphatic heterocycles. The Kier molecular flexibility index (Phi) is 9.25. The molecule has 0 fully saturated rings. The standard InChI is InChI=1S/C13H22F4O2S/c1-4-19-11(18)10(8-9(2)3)20-7-5-6-13(16,17)12(14)15/h9-10,12H,4-8H2,1-3H3. The lowest BCUT2D eigenvalue weighted by atomic mass is 10.1. The Hall–Kier alpha value is -0.460. The largest absolute Gasteiger partial charge is 0.465 e. The van der Waals surface area contributed by atoms with Crippen LogP contribution in [-0.4, -0.2) is 35.9 Å². The van der Waals surface area contributed by atoms with E-state index in [1.165, 1.54) is 11.8 Å². The molecule has 120 valence electrons. The smallest absolute Gasteiger partial charge is 0.319 e. The molecule has 0 aromatic heterocycles. The lowest BCUT2D eigenvalue weighted by Crippen LogP contribution is -2.27. The molecule has 0 bridgehead atoms. The van der Waals surface area contributed by atoms with E-state index in [-0.39, 0.29) is 30.7 Å². The third-order valence-electron chi connectivity index (χ3n) is 2.53. The van der Waals surface area contributed by atoms with E-state index in [1.807, 2.05) is 13.8 Å². The summed E-state index contributed by atoms with van der Waals surface area (Å²) in [5.41, 5.74) is 0. The molecular weight excluding hydrogens is 296 g/mol. The van der Waals surface area contributed by atoms with Gasteiger partial charge in [0.2, 0.25) is 0 Å². The van der Waals surface area contributed by atoms with Crippen molar-refractivity contribution in [2.75, 3.05) is 12.4 Å². The quantitative estimate of drug-likeness (QED) is 0.340. The summed E-state index contributed by atoms with van der Waals surface area (Å²) in [6.07, 6.45) is -3.98. The fourth-order valence-corrected chi connectivity index (χ4v) is 2.86. The third-order valence-corrected chi connectivity index (χ3v) is 3.84. The summed E-state index contributed by atoms with van der Waals surface area (Å²) in [6, 6.07) is 0. The molecule has 0 spiro atoms. The van der Waals surface area contributed by atoms with Gasteiger partial charge in [0.15, 0.2) is 0 Å². The molecule has 20 heavy (non-hydrogen) atoms. The fraction of sp³-hybridized carbons (Fsp3) is 0.923. The van der Waals surface area contributed by atoms with E-state index in [2.05, 4.69) is 0 Å². The predicted molar refractivity (Wildman–Crippen MR) is 72.5 cm³/mol. The summed E-state index contributed by atoms with van der Waals surface area (Å²) in [7, 11) is 0. The highest BCUT2D eigenvalue weighted by Gasteiger charge is 2.39. The van der Waals surface area contributed by atoms with E-state index in [1.54, 1.807) is 6.92 Å². The van der Waals surface area contributed by atoms with Crippen molar-refractivity contribution in [2.24, 2.45) is 5.92 Å². The topological polar surface area (TPSA) is 26.3 Å². The van der Waals surface area contributed by atoms with Crippen molar-refractivity contribution >= 4 is 17.7 Å². The Labute approximate surface area is 121 Å². The van der Waals surface area contributed by atoms with Crippen LogP contribution in [0, 0.1) is 5.92 Å². The van der Waals surface area contributed by atoms with Crippen molar-refractivity contribution < 1.29 is 27.1 Å². The Balaban J connectivity index is 4.17. The number of esters is 1. The van der Waals surface area contributed by atoms with Gasteiger partial charge in [-0.05, 0) is 31.4 Å². The van der Waals surface area contributed by atoms with Gasteiger partial charge in [-0.3, -0.25) is 4.79 Å². The second kappa shape index (κ2) is 9.47. The number of rotatable bonds is 10. The normalized spacial score (nSPS) is 13.8. The number of carbonyl (C=O) groups is 1. The summed E-state index contributed by atoms with van der Waals surface area (Å²) < 4.78 is 54.3. The number of hydrogen-bond donors (Lipinski definition) is 0. The molecule has 0 aromatic carbocycles. The Morgan fingerprint density at radius 3 is 2.35 bits per heavy atom. The first-order valence-corrected chi connectivity index (χ1v) is 7.69. The van der Waals surface area contributed by atoms with Crippen LogP contribution in [0.4, 0.5) is 17.6 Å². The van der Waals surface area contributed by atoms with Crippen LogP contribution in [0.1, 0.15) is 40.0 Å². The van der Waals surface area contributed by atoms with Crippen LogP contribution in [0.3, 0.4) is 0 Å². The molecule has 0 amide bonds. The average Bonchev–Trinajstić information content (AvgIpc) is 2.32. The third kappa shape index (κ3) is 7.97. The molecule has 1 atom stereocenters. The van der Waals surface area contributed by atoms with Crippen molar-refractivity contribution in [3.63, 3.8) is 0 Å². The van der Waals surface area contributed by atoms with Gasteiger partial charge in [-0.2, -0.15) is 0 Å². The van der Waals surface area contributed by atoms with Crippen LogP contribution in [0.15, 0.2) is 0 Å². The highest BCUT2D eigenvalue weighted by Crippen LogP contribution is 2.30. The Morgan fingerprint density at radius 1 is 1.30 bits per heavy atom. The molecule has 0 aliphatic rings. The van der Waals surface area contributed by atoms with Crippen molar-refractivity contribution in [3.8, 4) is 0 Å². The highest BCUT2D eigenvalue weighted by molar-refractivity contribution is 8.00. The Bertz CT molecular complexity index is 286. The van der Waals surface area contributed by atoms with E-state index >= 15 is 0 Å². The van der Waals surface area contributed by atoms with Gasteiger partial charge in [0.25, 0.3) is 0 Å². The van der Waals surface area contributed by atoms with Gasteiger partial charge in [-0.15, -0.1) is 11.8 Å². The maximum absolute atomic E-state index is 12.7. The molecule has 0 radical (unpaired) electrons. The minimum Gasteiger partial charge on any atom is -0.465 e. The second-order valence-corrected chi connectivity index (χ2v) is 6.22. The molecule has 0 aliphatic carbocycles. The molecule has 1 unspecified atom stereocenters. The van der Waals surface area contributed by atoms with Gasteiger partial charge in [-0.1, -0.05) is 13.8 Å². The van der Waals surface area contributed by atoms with Crippen LogP contribution in [0.5, 0.6) is 0 Å². The van der Waals surface area contributed by atoms with Gasteiger partial charge in [0.1, 0.15) is 5.25 Å². The minimum absolute atomic E-state index is 0.0595. The first kappa shape index (κ1) is 19.5. The summed E-state index contributed by atoms with van der Waals surface area (Å²) in [6.45, 7) is 5.84. The molecule has 2 nitrogen and oxygen atoms in total. The number of alkyl halides is 4. The Morgan fingerprint density at radius 2 is 1.90 bits per heavy atom. The van der Waals surface area contributed by atoms with Crippen molar-refractivity contribution in [1.29, 1.82) is 0 Å². The fourth-order valence-electron chi connectivity index (χ4n) is 1.54. The molecule has 0 aromatic rings. The van der Waals surface area contributed by atoms with Crippen LogP contribution in [-0.2, 0) is 9.53 Å². The molecule has 0 heterocycles. The zero-order chi connectivity index (χ0) is 15.8. The van der Waals surface area contributed by atoms with Crippen molar-refractivity contribution in [1.82, 2.24) is 0 Å². The van der Waals surface area contributed by atoms with Crippen molar-refractivity contribution in [2.45, 2.75) is 57.6 Å². The summed E-state index contributed by atoms with van der Waals surface area (Å²) >= 11 is 1.20. The molecule has 0 rings (SSSR count). The SMILES string of the molecule is CCOC(=O)C(CC(C)C)SCCCC(F)(F)C(F)F. The van der Waals surface area contributed by atoms with Gasteiger partial charge in [0, 0.05) is 6.42 Å². The number of carbonyl (C=O) groups excluding carboxylic acids is 1. The molecule has 0 saturated carbocycles. The first-order valence-electron chi connectivity index (χ1n) is 6.64. The maximum Gasteiger partial charge on any atom is 0.319 e. The zero-order valence-electron chi connectivity index (χ0n) is 12.0. The van der Waals surface area contributed by atoms with Crippen LogP contribution >= 0.6 is 11.8 Å². The van der Waals surface area contributed by atoms with E-state index in [4.69, 9.17) is 4.74 Å². The number of hydrogen-bond acceptors (Lipinski definition) is 3. The van der Waals surface area contributed by atoms with E-state index in [9.17, 15) is 22.4 Å². The number of ether oxygens (including phenoxy) is 1. The van der Waals surface area contributed by atoms with Gasteiger partial charge in [-0.25, -0.2) is 17.6 Å². The lowest BCUT2D eigenvalue weighted by molar-refractivity contribution is -0.142. The molecule has 7 heteroatoms. The first-order chi connectivity index (χ1) is 9.20.